The Hall–Kier alpha value is -1.85. The number of carbonyl (C=O) groups is 2. The summed E-state index contributed by atoms with van der Waals surface area (Å²) in [6.07, 6.45) is 6.85. The van der Waals surface area contributed by atoms with Gasteiger partial charge in [-0.1, -0.05) is 0 Å². The molecule has 2 amide bonds. The molecule has 1 heterocycles. The highest BCUT2D eigenvalue weighted by Gasteiger charge is 2.54. The number of hydrogen-bond acceptors (Lipinski definition) is 3. The fraction of sp³-hybridized carbons (Fsp3) is 0.762. The summed E-state index contributed by atoms with van der Waals surface area (Å²) in [7, 11) is 0. The van der Waals surface area contributed by atoms with Gasteiger partial charge in [-0.2, -0.15) is 5.10 Å². The Kier molecular flexibility index (Phi) is 4.17. The van der Waals surface area contributed by atoms with Crippen LogP contribution in [0.5, 0.6) is 0 Å². The molecule has 5 rings (SSSR count). The van der Waals surface area contributed by atoms with Gasteiger partial charge in [0.15, 0.2) is 0 Å². The van der Waals surface area contributed by atoms with Gasteiger partial charge in [-0.15, -0.1) is 0 Å². The van der Waals surface area contributed by atoms with Crippen LogP contribution >= 0.6 is 0 Å². The lowest BCUT2D eigenvalue weighted by Gasteiger charge is -2.55. The van der Waals surface area contributed by atoms with Crippen molar-refractivity contribution in [2.24, 2.45) is 23.2 Å². The largest absolute Gasteiger partial charge is 0.273 e. The van der Waals surface area contributed by atoms with Gasteiger partial charge < -0.3 is 0 Å². The lowest BCUT2D eigenvalue weighted by molar-refractivity contribution is -0.147. The van der Waals surface area contributed by atoms with Gasteiger partial charge in [0.25, 0.3) is 5.91 Å². The van der Waals surface area contributed by atoms with Crippen LogP contribution in [-0.4, -0.2) is 21.6 Å². The van der Waals surface area contributed by atoms with Crippen molar-refractivity contribution in [3.05, 3.63) is 17.0 Å². The number of amides is 2. The first-order valence-corrected chi connectivity index (χ1v) is 10.3. The zero-order chi connectivity index (χ0) is 19.6. The van der Waals surface area contributed by atoms with E-state index in [4.69, 9.17) is 0 Å². The smallest absolute Gasteiger partial charge is 0.273 e. The Morgan fingerprint density at radius 3 is 1.96 bits per heavy atom. The predicted octanol–water partition coefficient (Wildman–Crippen LogP) is 3.23. The first kappa shape index (κ1) is 18.5. The second-order valence-corrected chi connectivity index (χ2v) is 10.2. The van der Waals surface area contributed by atoms with E-state index in [-0.39, 0.29) is 22.8 Å². The first-order chi connectivity index (χ1) is 12.6. The number of carbonyl (C=O) groups excluding carboxylic acids is 2. The number of hydrogen-bond donors (Lipinski definition) is 2. The second kappa shape index (κ2) is 6.08. The number of nitrogens with zero attached hydrogens (tertiary/aromatic N) is 2. The molecular weight excluding hydrogens is 340 g/mol. The molecule has 4 fully saturated rings. The molecule has 4 aliphatic carbocycles. The lowest BCUT2D eigenvalue weighted by atomic mass is 9.49. The van der Waals surface area contributed by atoms with Crippen molar-refractivity contribution in [1.82, 2.24) is 20.6 Å². The molecule has 6 nitrogen and oxygen atoms in total. The van der Waals surface area contributed by atoms with Crippen LogP contribution in [0.25, 0.3) is 0 Å². The van der Waals surface area contributed by atoms with Crippen molar-refractivity contribution in [2.75, 3.05) is 0 Å². The normalized spacial score (nSPS) is 31.8. The summed E-state index contributed by atoms with van der Waals surface area (Å²) in [4.78, 5) is 25.8. The molecule has 0 saturated heterocycles. The van der Waals surface area contributed by atoms with E-state index >= 15 is 0 Å². The zero-order valence-corrected chi connectivity index (χ0v) is 17.2. The average Bonchev–Trinajstić information content (AvgIpc) is 2.86. The van der Waals surface area contributed by atoms with E-state index in [1.807, 2.05) is 18.5 Å². The molecule has 4 bridgehead atoms. The van der Waals surface area contributed by atoms with Crippen LogP contribution in [0.4, 0.5) is 0 Å². The van der Waals surface area contributed by atoms with Crippen LogP contribution in [0.2, 0.25) is 0 Å². The Labute approximate surface area is 161 Å². The van der Waals surface area contributed by atoms with Crippen molar-refractivity contribution in [2.45, 2.75) is 78.7 Å². The highest BCUT2D eigenvalue weighted by atomic mass is 16.2. The van der Waals surface area contributed by atoms with Crippen molar-refractivity contribution in [1.29, 1.82) is 0 Å². The summed E-state index contributed by atoms with van der Waals surface area (Å²) in [6.45, 7) is 9.92. The van der Waals surface area contributed by atoms with Crippen LogP contribution in [0, 0.1) is 37.0 Å². The molecule has 27 heavy (non-hydrogen) atoms. The van der Waals surface area contributed by atoms with Gasteiger partial charge in [-0.05, 0) is 90.9 Å². The molecule has 0 unspecified atom stereocenters. The highest BCUT2D eigenvalue weighted by molar-refractivity contribution is 5.97. The summed E-state index contributed by atoms with van der Waals surface area (Å²) in [5, 5.41) is 4.53. The SMILES string of the molecule is Cc1nn(C(C)(C)C)c(C)c1C(=O)NNC(=O)C12CC3CC(CC(C3)C1)C2. The van der Waals surface area contributed by atoms with E-state index < -0.39 is 0 Å². The quantitative estimate of drug-likeness (QED) is 0.783. The van der Waals surface area contributed by atoms with E-state index in [0.717, 1.165) is 25.0 Å². The molecule has 1 aromatic heterocycles. The van der Waals surface area contributed by atoms with Crippen LogP contribution in [0.1, 0.15) is 81.0 Å². The molecule has 0 atom stereocenters. The number of nitrogens with one attached hydrogen (secondary N) is 2. The van der Waals surface area contributed by atoms with Crippen molar-refractivity contribution >= 4 is 11.8 Å². The van der Waals surface area contributed by atoms with Crippen LogP contribution < -0.4 is 10.9 Å². The Morgan fingerprint density at radius 1 is 1.00 bits per heavy atom. The predicted molar refractivity (Wildman–Crippen MR) is 103 cm³/mol. The van der Waals surface area contributed by atoms with Crippen molar-refractivity contribution in [3.63, 3.8) is 0 Å². The lowest BCUT2D eigenvalue weighted by Crippen LogP contribution is -2.56. The molecule has 0 aliphatic heterocycles. The molecule has 6 heteroatoms. The standard InChI is InChI=1S/C21H32N4O2/c1-12-17(13(2)25(24-12)20(3,4)5)18(26)22-23-19(27)21-9-14-6-15(10-21)8-16(7-14)11-21/h14-16H,6-11H2,1-5H3,(H,22,26)(H,23,27). The van der Waals surface area contributed by atoms with Gasteiger partial charge >= 0.3 is 0 Å². The van der Waals surface area contributed by atoms with Gasteiger partial charge in [-0.3, -0.25) is 25.1 Å². The second-order valence-electron chi connectivity index (χ2n) is 10.2. The number of aryl methyl sites for hydroxylation is 1. The third kappa shape index (κ3) is 3.07. The van der Waals surface area contributed by atoms with Crippen molar-refractivity contribution in [3.8, 4) is 0 Å². The Morgan fingerprint density at radius 2 is 1.52 bits per heavy atom. The summed E-state index contributed by atoms with van der Waals surface area (Å²) in [5.74, 6) is 1.83. The van der Waals surface area contributed by atoms with Gasteiger partial charge in [-0.25, -0.2) is 0 Å². The average molecular weight is 373 g/mol. The Bertz CT molecular complexity index is 752. The minimum absolute atomic E-state index is 0.00784. The molecule has 0 spiro atoms. The third-order valence-corrected chi connectivity index (χ3v) is 6.96. The Balaban J connectivity index is 1.46. The number of aromatic nitrogens is 2. The summed E-state index contributed by atoms with van der Waals surface area (Å²) in [5.41, 5.74) is 7.04. The van der Waals surface area contributed by atoms with Gasteiger partial charge in [0.1, 0.15) is 0 Å². The van der Waals surface area contributed by atoms with E-state index in [9.17, 15) is 9.59 Å². The molecule has 4 aliphatic rings. The minimum atomic E-state index is -0.279. The van der Waals surface area contributed by atoms with Gasteiger partial charge in [0.2, 0.25) is 5.91 Å². The molecule has 0 aromatic carbocycles. The first-order valence-electron chi connectivity index (χ1n) is 10.3. The number of hydrazine groups is 1. The van der Waals surface area contributed by atoms with Gasteiger partial charge in [0, 0.05) is 5.69 Å². The maximum absolute atomic E-state index is 13.0. The molecule has 2 N–H and O–H groups in total. The fourth-order valence-corrected chi connectivity index (χ4v) is 6.32. The topological polar surface area (TPSA) is 76.0 Å². The maximum atomic E-state index is 13.0. The van der Waals surface area contributed by atoms with Crippen LogP contribution in [-0.2, 0) is 10.3 Å². The monoisotopic (exact) mass is 372 g/mol. The minimum Gasteiger partial charge on any atom is -0.273 e. The summed E-state index contributed by atoms with van der Waals surface area (Å²) < 4.78 is 1.87. The maximum Gasteiger partial charge on any atom is 0.273 e. The molecule has 1 aromatic rings. The van der Waals surface area contributed by atoms with Crippen LogP contribution in [0.15, 0.2) is 0 Å². The molecule has 148 valence electrons. The van der Waals surface area contributed by atoms with Crippen molar-refractivity contribution < 1.29 is 9.59 Å². The van der Waals surface area contributed by atoms with Crippen LogP contribution in [0.3, 0.4) is 0 Å². The molecule has 4 saturated carbocycles. The van der Waals surface area contributed by atoms with E-state index in [2.05, 4.69) is 36.7 Å². The number of rotatable bonds is 2. The van der Waals surface area contributed by atoms with E-state index in [1.165, 1.54) is 19.3 Å². The van der Waals surface area contributed by atoms with E-state index in [1.54, 1.807) is 0 Å². The highest BCUT2D eigenvalue weighted by Crippen LogP contribution is 2.60. The fourth-order valence-electron chi connectivity index (χ4n) is 6.32. The van der Waals surface area contributed by atoms with Gasteiger partial charge in [0.05, 0.1) is 22.2 Å². The molecular formula is C21H32N4O2. The summed E-state index contributed by atoms with van der Waals surface area (Å²) in [6, 6.07) is 0. The molecule has 0 radical (unpaired) electrons. The van der Waals surface area contributed by atoms with E-state index in [0.29, 0.717) is 29.0 Å². The summed E-state index contributed by atoms with van der Waals surface area (Å²) >= 11 is 0. The third-order valence-electron chi connectivity index (χ3n) is 6.96. The zero-order valence-electron chi connectivity index (χ0n) is 17.2.